The average Bonchev–Trinajstić information content (AvgIpc) is 3.30. The predicted molar refractivity (Wildman–Crippen MR) is 147 cm³/mol. The van der Waals surface area contributed by atoms with E-state index in [1.54, 1.807) is 23.1 Å². The van der Waals surface area contributed by atoms with Crippen LogP contribution in [0.4, 0.5) is 13.2 Å². The molecule has 5 nitrogen and oxygen atoms in total. The summed E-state index contributed by atoms with van der Waals surface area (Å²) in [7, 11) is 0. The number of amides is 1. The summed E-state index contributed by atoms with van der Waals surface area (Å²) in [5, 5.41) is 2.11. The minimum atomic E-state index is -4.34. The second-order valence-corrected chi connectivity index (χ2v) is 10.5. The Kier molecular flexibility index (Phi) is 6.78. The Morgan fingerprint density at radius 1 is 0.923 bits per heavy atom. The van der Waals surface area contributed by atoms with Crippen LogP contribution < -0.4 is 0 Å². The van der Waals surface area contributed by atoms with Crippen LogP contribution >= 0.6 is 11.8 Å². The van der Waals surface area contributed by atoms with E-state index in [1.807, 2.05) is 59.2 Å². The second kappa shape index (κ2) is 10.4. The molecule has 198 valence electrons. The van der Waals surface area contributed by atoms with Gasteiger partial charge in [0, 0.05) is 35.7 Å². The zero-order valence-corrected chi connectivity index (χ0v) is 21.6. The van der Waals surface area contributed by atoms with Gasteiger partial charge in [-0.2, -0.15) is 13.2 Å². The third-order valence-corrected chi connectivity index (χ3v) is 7.56. The monoisotopic (exact) mass is 547 g/mol. The van der Waals surface area contributed by atoms with E-state index in [-0.39, 0.29) is 22.6 Å². The number of hydrogen-bond donors (Lipinski definition) is 0. The molecule has 1 aromatic heterocycles. The minimum absolute atomic E-state index is 0.0619. The Morgan fingerprint density at radius 2 is 1.67 bits per heavy atom. The lowest BCUT2D eigenvalue weighted by Gasteiger charge is -2.26. The van der Waals surface area contributed by atoms with Gasteiger partial charge in [0.2, 0.25) is 0 Å². The summed E-state index contributed by atoms with van der Waals surface area (Å²) in [6.07, 6.45) is 0. The van der Waals surface area contributed by atoms with Gasteiger partial charge in [-0.3, -0.25) is 4.79 Å². The zero-order chi connectivity index (χ0) is 27.0. The van der Waals surface area contributed by atoms with Gasteiger partial charge < -0.3 is 14.2 Å². The van der Waals surface area contributed by atoms with Crippen LogP contribution in [0.3, 0.4) is 0 Å². The molecule has 0 spiro atoms. The maximum Gasteiger partial charge on any atom is 0.446 e. The SMILES string of the molecule is O=C(c1ccc2nc(-c3cccc4ccccc34)n(Cc3ccc(SC(F)(F)F)cc3)c2c1)N1CCOCC1. The molecule has 0 atom stereocenters. The Morgan fingerprint density at radius 3 is 2.44 bits per heavy atom. The lowest BCUT2D eigenvalue weighted by atomic mass is 10.0. The van der Waals surface area contributed by atoms with E-state index in [2.05, 4.69) is 0 Å². The maximum absolute atomic E-state index is 13.3. The van der Waals surface area contributed by atoms with Crippen molar-refractivity contribution in [1.82, 2.24) is 14.5 Å². The van der Waals surface area contributed by atoms with Crippen LogP contribution in [0, 0.1) is 0 Å². The van der Waals surface area contributed by atoms with Gasteiger partial charge in [0.15, 0.2) is 0 Å². The van der Waals surface area contributed by atoms with Gasteiger partial charge in [-0.05, 0) is 58.4 Å². The number of imidazole rings is 1. The van der Waals surface area contributed by atoms with Crippen LogP contribution in [-0.4, -0.2) is 52.2 Å². The molecule has 0 aliphatic carbocycles. The van der Waals surface area contributed by atoms with Crippen LogP contribution in [0.25, 0.3) is 33.2 Å². The standard InChI is InChI=1S/C30H24F3N3O2S/c31-30(32,33)39-23-11-8-20(9-12-23)19-36-27-18-22(29(37)35-14-16-38-17-15-35)10-13-26(27)34-28(36)25-7-3-5-21-4-1-2-6-24(21)25/h1-13,18H,14-17,19H2. The van der Waals surface area contributed by atoms with E-state index in [1.165, 1.54) is 12.1 Å². The topological polar surface area (TPSA) is 47.4 Å². The summed E-state index contributed by atoms with van der Waals surface area (Å²) in [6.45, 7) is 2.49. The lowest BCUT2D eigenvalue weighted by Crippen LogP contribution is -2.40. The molecule has 1 aliphatic heterocycles. The highest BCUT2D eigenvalue weighted by molar-refractivity contribution is 8.00. The summed E-state index contributed by atoms with van der Waals surface area (Å²) >= 11 is -0.130. The van der Waals surface area contributed by atoms with E-state index in [0.717, 1.165) is 38.8 Å². The lowest BCUT2D eigenvalue weighted by molar-refractivity contribution is -0.0328. The van der Waals surface area contributed by atoms with Gasteiger partial charge in [0.25, 0.3) is 5.91 Å². The first-order chi connectivity index (χ1) is 18.9. The molecule has 2 heterocycles. The van der Waals surface area contributed by atoms with Crippen molar-refractivity contribution in [1.29, 1.82) is 0 Å². The molecule has 4 aromatic carbocycles. The summed E-state index contributed by atoms with van der Waals surface area (Å²) in [6, 6.07) is 26.0. The van der Waals surface area contributed by atoms with Crippen molar-refractivity contribution < 1.29 is 22.7 Å². The van der Waals surface area contributed by atoms with Crippen molar-refractivity contribution in [2.45, 2.75) is 16.9 Å². The zero-order valence-electron chi connectivity index (χ0n) is 20.8. The van der Waals surface area contributed by atoms with Gasteiger partial charge in [-0.15, -0.1) is 0 Å². The molecular weight excluding hydrogens is 523 g/mol. The smallest absolute Gasteiger partial charge is 0.378 e. The largest absolute Gasteiger partial charge is 0.446 e. The number of aromatic nitrogens is 2. The van der Waals surface area contributed by atoms with Gasteiger partial charge in [0.05, 0.1) is 24.2 Å². The molecule has 1 amide bonds. The van der Waals surface area contributed by atoms with E-state index >= 15 is 0 Å². The fourth-order valence-corrected chi connectivity index (χ4v) is 5.51. The Labute approximate surface area is 227 Å². The first kappa shape index (κ1) is 25.5. The van der Waals surface area contributed by atoms with Crippen molar-refractivity contribution in [2.75, 3.05) is 26.3 Å². The molecule has 0 radical (unpaired) electrons. The van der Waals surface area contributed by atoms with E-state index in [9.17, 15) is 18.0 Å². The molecule has 6 rings (SSSR count). The number of alkyl halides is 3. The van der Waals surface area contributed by atoms with E-state index in [0.29, 0.717) is 38.4 Å². The van der Waals surface area contributed by atoms with Gasteiger partial charge in [0.1, 0.15) is 5.82 Å². The molecule has 39 heavy (non-hydrogen) atoms. The number of carbonyl (C=O) groups is 1. The summed E-state index contributed by atoms with van der Waals surface area (Å²) in [5.41, 5.74) is -0.493. The van der Waals surface area contributed by atoms with Crippen molar-refractivity contribution in [3.63, 3.8) is 0 Å². The van der Waals surface area contributed by atoms with Crippen molar-refractivity contribution >= 4 is 39.5 Å². The van der Waals surface area contributed by atoms with Crippen LogP contribution in [-0.2, 0) is 11.3 Å². The minimum Gasteiger partial charge on any atom is -0.378 e. The highest BCUT2D eigenvalue weighted by Gasteiger charge is 2.29. The third kappa shape index (κ3) is 5.37. The number of nitrogens with zero attached hydrogens (tertiary/aromatic N) is 3. The van der Waals surface area contributed by atoms with Crippen molar-refractivity contribution in [3.8, 4) is 11.4 Å². The van der Waals surface area contributed by atoms with E-state index < -0.39 is 5.51 Å². The van der Waals surface area contributed by atoms with Crippen LogP contribution in [0.2, 0.25) is 0 Å². The fraction of sp³-hybridized carbons (Fsp3) is 0.200. The molecular formula is C30H24F3N3O2S. The third-order valence-electron chi connectivity index (χ3n) is 6.82. The number of morpholine rings is 1. The van der Waals surface area contributed by atoms with Gasteiger partial charge >= 0.3 is 5.51 Å². The highest BCUT2D eigenvalue weighted by atomic mass is 32.2. The fourth-order valence-electron chi connectivity index (χ4n) is 4.97. The summed E-state index contributed by atoms with van der Waals surface area (Å²) < 4.78 is 46.0. The predicted octanol–water partition coefficient (Wildman–Crippen LogP) is 6.99. The number of hydrogen-bond acceptors (Lipinski definition) is 4. The number of carbonyl (C=O) groups excluding carboxylic acids is 1. The average molecular weight is 548 g/mol. The number of thioether (sulfide) groups is 1. The molecule has 0 N–H and O–H groups in total. The maximum atomic E-state index is 13.3. The molecule has 1 fully saturated rings. The van der Waals surface area contributed by atoms with Crippen LogP contribution in [0.1, 0.15) is 15.9 Å². The number of benzene rings is 4. The molecule has 0 saturated carbocycles. The van der Waals surface area contributed by atoms with Crippen LogP contribution in [0.5, 0.6) is 0 Å². The Balaban J connectivity index is 1.46. The molecule has 9 heteroatoms. The number of rotatable bonds is 5. The van der Waals surface area contributed by atoms with E-state index in [4.69, 9.17) is 9.72 Å². The molecule has 1 aliphatic rings. The normalized spacial score (nSPS) is 14.3. The quantitative estimate of drug-likeness (QED) is 0.223. The number of halogens is 3. The molecule has 5 aromatic rings. The first-order valence-electron chi connectivity index (χ1n) is 12.6. The first-order valence-corrected chi connectivity index (χ1v) is 13.4. The number of ether oxygens (including phenoxy) is 1. The highest BCUT2D eigenvalue weighted by Crippen LogP contribution is 2.37. The molecule has 0 bridgehead atoms. The Hall–Kier alpha value is -3.82. The molecule has 1 saturated heterocycles. The van der Waals surface area contributed by atoms with Crippen molar-refractivity contribution in [2.24, 2.45) is 0 Å². The Bertz CT molecular complexity index is 1650. The van der Waals surface area contributed by atoms with Crippen molar-refractivity contribution in [3.05, 3.63) is 96.1 Å². The summed E-state index contributed by atoms with van der Waals surface area (Å²) in [4.78, 5) is 20.2. The van der Waals surface area contributed by atoms with Gasteiger partial charge in [-0.25, -0.2) is 4.98 Å². The molecule has 0 unspecified atom stereocenters. The number of fused-ring (bicyclic) bond motifs is 2. The van der Waals surface area contributed by atoms with Crippen LogP contribution in [0.15, 0.2) is 89.8 Å². The second-order valence-electron chi connectivity index (χ2n) is 9.35. The van der Waals surface area contributed by atoms with Gasteiger partial charge in [-0.1, -0.05) is 54.6 Å². The summed E-state index contributed by atoms with van der Waals surface area (Å²) in [5.74, 6) is 0.666.